The van der Waals surface area contributed by atoms with Gasteiger partial charge < -0.3 is 0 Å². The highest BCUT2D eigenvalue weighted by Crippen LogP contribution is 2.42. The van der Waals surface area contributed by atoms with Gasteiger partial charge in [0, 0.05) is 24.0 Å². The summed E-state index contributed by atoms with van der Waals surface area (Å²) in [5.41, 5.74) is 2.05. The van der Waals surface area contributed by atoms with Crippen LogP contribution in [0.15, 0.2) is 24.3 Å². The maximum absolute atomic E-state index is 13.2. The molecule has 0 radical (unpaired) electrons. The summed E-state index contributed by atoms with van der Waals surface area (Å²) < 4.78 is 0. The fourth-order valence-corrected chi connectivity index (χ4v) is 6.18. The second-order valence-corrected chi connectivity index (χ2v) is 13.0. The lowest BCUT2D eigenvalue weighted by molar-refractivity contribution is 0.0883. The van der Waals surface area contributed by atoms with E-state index in [1.165, 1.54) is 25.7 Å². The molecule has 2 aliphatic rings. The Hall–Kier alpha value is -1.44. The van der Waals surface area contributed by atoms with Crippen LogP contribution in [0.25, 0.3) is 0 Å². The third kappa shape index (κ3) is 6.55. The van der Waals surface area contributed by atoms with Gasteiger partial charge in [-0.3, -0.25) is 9.59 Å². The third-order valence-corrected chi connectivity index (χ3v) is 8.62. The van der Waals surface area contributed by atoms with E-state index >= 15 is 0 Å². The first kappa shape index (κ1) is 25.2. The number of benzene rings is 1. The Kier molecular flexibility index (Phi) is 8.05. The summed E-state index contributed by atoms with van der Waals surface area (Å²) in [6.07, 6.45) is 10.6. The highest BCUT2D eigenvalue weighted by Gasteiger charge is 2.32. The molecule has 0 unspecified atom stereocenters. The summed E-state index contributed by atoms with van der Waals surface area (Å²) >= 11 is 0. The maximum Gasteiger partial charge on any atom is 0.163 e. The Balaban J connectivity index is 1.57. The summed E-state index contributed by atoms with van der Waals surface area (Å²) in [6, 6.07) is 7.59. The van der Waals surface area contributed by atoms with Crippen molar-refractivity contribution in [3.8, 4) is 0 Å². The van der Waals surface area contributed by atoms with Crippen LogP contribution in [0, 0.1) is 34.5 Å². The number of Topliss-reactive ketones (excluding diaryl/α,β-unsaturated/α-hetero) is 2. The van der Waals surface area contributed by atoms with Crippen LogP contribution in [0.5, 0.6) is 0 Å². The number of rotatable bonds is 6. The number of carbonyl (C=O) groups excluding carboxylic acids is 2. The van der Waals surface area contributed by atoms with Gasteiger partial charge in [-0.25, -0.2) is 0 Å². The van der Waals surface area contributed by atoms with Gasteiger partial charge in [-0.1, -0.05) is 65.8 Å². The van der Waals surface area contributed by atoms with E-state index in [2.05, 4.69) is 41.5 Å². The van der Waals surface area contributed by atoms with Gasteiger partial charge in [-0.15, -0.1) is 0 Å². The van der Waals surface area contributed by atoms with Gasteiger partial charge in [-0.2, -0.15) is 0 Å². The van der Waals surface area contributed by atoms with Crippen LogP contribution in [0.4, 0.5) is 0 Å². The van der Waals surface area contributed by atoms with Crippen molar-refractivity contribution in [1.82, 2.24) is 0 Å². The fraction of sp³-hybridized carbons (Fsp3) is 0.733. The van der Waals surface area contributed by atoms with Crippen LogP contribution in [-0.2, 0) is 0 Å². The van der Waals surface area contributed by atoms with E-state index in [-0.39, 0.29) is 11.6 Å². The van der Waals surface area contributed by atoms with Crippen molar-refractivity contribution in [3.63, 3.8) is 0 Å². The molecule has 32 heavy (non-hydrogen) atoms. The number of hydrogen-bond donors (Lipinski definition) is 0. The van der Waals surface area contributed by atoms with E-state index in [0.29, 0.717) is 46.6 Å². The molecule has 1 aromatic carbocycles. The maximum atomic E-state index is 13.2. The fourth-order valence-electron chi connectivity index (χ4n) is 6.18. The quantitative estimate of drug-likeness (QED) is 0.417. The average molecular weight is 439 g/mol. The minimum atomic E-state index is 0.171. The molecule has 2 heteroatoms. The van der Waals surface area contributed by atoms with E-state index in [1.54, 1.807) is 0 Å². The molecule has 0 spiro atoms. The number of ketones is 2. The Bertz CT molecular complexity index is 709. The zero-order chi connectivity index (χ0) is 23.5. The van der Waals surface area contributed by atoms with Gasteiger partial charge in [0.25, 0.3) is 0 Å². The molecule has 2 saturated carbocycles. The lowest BCUT2D eigenvalue weighted by Crippen LogP contribution is -2.27. The molecule has 0 amide bonds. The van der Waals surface area contributed by atoms with Gasteiger partial charge >= 0.3 is 0 Å². The van der Waals surface area contributed by atoms with Crippen molar-refractivity contribution in [1.29, 1.82) is 0 Å². The van der Waals surface area contributed by atoms with E-state index in [0.717, 1.165) is 37.5 Å². The van der Waals surface area contributed by atoms with Gasteiger partial charge in [0.15, 0.2) is 11.6 Å². The molecule has 0 aliphatic heterocycles. The Morgan fingerprint density at radius 1 is 0.625 bits per heavy atom. The lowest BCUT2D eigenvalue weighted by atomic mass is 9.68. The highest BCUT2D eigenvalue weighted by molar-refractivity contribution is 6.08. The van der Waals surface area contributed by atoms with Crippen molar-refractivity contribution in [3.05, 3.63) is 35.4 Å². The van der Waals surface area contributed by atoms with Crippen LogP contribution in [0.2, 0.25) is 0 Å². The largest absolute Gasteiger partial charge is 0.294 e. The highest BCUT2D eigenvalue weighted by atomic mass is 16.1. The minimum Gasteiger partial charge on any atom is -0.294 e. The molecule has 0 bridgehead atoms. The van der Waals surface area contributed by atoms with Crippen molar-refractivity contribution < 1.29 is 9.59 Å². The number of hydrogen-bond acceptors (Lipinski definition) is 2. The SMILES string of the molecule is CC(C)(C)C1CCC(CC(=O)c2ccccc2C(=O)CC2CCC(C(C)(C)C)CC2)CC1. The van der Waals surface area contributed by atoms with Gasteiger partial charge in [0.1, 0.15) is 0 Å². The van der Waals surface area contributed by atoms with Gasteiger partial charge in [0.2, 0.25) is 0 Å². The molecule has 0 N–H and O–H groups in total. The molecule has 1 aromatic rings. The third-order valence-electron chi connectivity index (χ3n) is 8.62. The topological polar surface area (TPSA) is 34.1 Å². The first-order chi connectivity index (χ1) is 14.9. The van der Waals surface area contributed by atoms with E-state index in [1.807, 2.05) is 24.3 Å². The van der Waals surface area contributed by atoms with Crippen LogP contribution in [-0.4, -0.2) is 11.6 Å². The summed E-state index contributed by atoms with van der Waals surface area (Å²) in [6.45, 7) is 14.0. The first-order valence-electron chi connectivity index (χ1n) is 13.1. The van der Waals surface area contributed by atoms with Gasteiger partial charge in [-0.05, 0) is 85.9 Å². The summed E-state index contributed by atoms with van der Waals surface area (Å²) in [4.78, 5) is 26.4. The normalized spacial score (nSPS) is 27.2. The summed E-state index contributed by atoms with van der Waals surface area (Å²) in [7, 11) is 0. The van der Waals surface area contributed by atoms with Crippen LogP contribution >= 0.6 is 0 Å². The molecule has 2 aliphatic carbocycles. The molecule has 0 heterocycles. The van der Waals surface area contributed by atoms with E-state index in [9.17, 15) is 9.59 Å². The molecule has 0 atom stereocenters. The lowest BCUT2D eigenvalue weighted by Gasteiger charge is -2.37. The van der Waals surface area contributed by atoms with Crippen molar-refractivity contribution in [2.24, 2.45) is 34.5 Å². The molecular weight excluding hydrogens is 392 g/mol. The second kappa shape index (κ2) is 10.2. The predicted octanol–water partition coefficient (Wildman–Crippen LogP) is 8.54. The minimum absolute atomic E-state index is 0.171. The van der Waals surface area contributed by atoms with Crippen molar-refractivity contribution >= 4 is 11.6 Å². The average Bonchev–Trinajstić information content (AvgIpc) is 2.73. The van der Waals surface area contributed by atoms with E-state index < -0.39 is 0 Å². The zero-order valence-corrected chi connectivity index (χ0v) is 21.5. The van der Waals surface area contributed by atoms with Crippen LogP contribution in [0.3, 0.4) is 0 Å². The molecule has 3 rings (SSSR count). The zero-order valence-electron chi connectivity index (χ0n) is 21.5. The Morgan fingerprint density at radius 3 is 1.22 bits per heavy atom. The van der Waals surface area contributed by atoms with Crippen LogP contribution < -0.4 is 0 Å². The van der Waals surface area contributed by atoms with Crippen LogP contribution in [0.1, 0.15) is 126 Å². The van der Waals surface area contributed by atoms with Crippen molar-refractivity contribution in [2.75, 3.05) is 0 Å². The molecular formula is C30H46O2. The summed E-state index contributed by atoms with van der Waals surface area (Å²) in [5, 5.41) is 0. The van der Waals surface area contributed by atoms with Gasteiger partial charge in [0.05, 0.1) is 0 Å². The standard InChI is InChI=1S/C30H46O2/c1-29(2,3)23-15-11-21(12-16-23)19-27(31)25-9-7-8-10-26(25)28(32)20-22-13-17-24(18-14-22)30(4,5)6/h7-10,21-24H,11-20H2,1-6H3. The molecule has 0 aromatic heterocycles. The first-order valence-corrected chi connectivity index (χ1v) is 13.1. The molecule has 2 fully saturated rings. The monoisotopic (exact) mass is 438 g/mol. The second-order valence-electron chi connectivity index (χ2n) is 13.0. The number of carbonyl (C=O) groups is 2. The van der Waals surface area contributed by atoms with Crippen molar-refractivity contribution in [2.45, 2.75) is 106 Å². The molecule has 0 saturated heterocycles. The Labute approximate surface area is 197 Å². The summed E-state index contributed by atoms with van der Waals surface area (Å²) in [5.74, 6) is 2.80. The molecule has 178 valence electrons. The molecule has 2 nitrogen and oxygen atoms in total. The predicted molar refractivity (Wildman–Crippen MR) is 134 cm³/mol. The van der Waals surface area contributed by atoms with E-state index in [4.69, 9.17) is 0 Å². The Morgan fingerprint density at radius 2 is 0.938 bits per heavy atom. The smallest absolute Gasteiger partial charge is 0.163 e.